The van der Waals surface area contributed by atoms with Gasteiger partial charge in [0.1, 0.15) is 0 Å². The molecular formula is C11H20N2O5. The highest BCUT2D eigenvalue weighted by Gasteiger charge is 2.13. The third-order valence-electron chi connectivity index (χ3n) is 2.37. The molecule has 0 aliphatic rings. The smallest absolute Gasteiger partial charge is 0.303 e. The minimum atomic E-state index is -0.980. The molecule has 0 rings (SSSR count). The zero-order valence-electron chi connectivity index (χ0n) is 10.2. The summed E-state index contributed by atoms with van der Waals surface area (Å²) in [4.78, 5) is 31.9. The third kappa shape index (κ3) is 9.59. The van der Waals surface area contributed by atoms with Gasteiger partial charge in [-0.1, -0.05) is 6.42 Å². The molecule has 104 valence electrons. The summed E-state index contributed by atoms with van der Waals surface area (Å²) in [5, 5.41) is 19.4. The maximum Gasteiger partial charge on any atom is 0.303 e. The molecule has 1 unspecified atom stereocenters. The van der Waals surface area contributed by atoms with Crippen molar-refractivity contribution in [3.05, 3.63) is 0 Å². The molecule has 0 spiro atoms. The summed E-state index contributed by atoms with van der Waals surface area (Å²) in [6.45, 7) is 0.430. The molecule has 0 aliphatic heterocycles. The highest BCUT2D eigenvalue weighted by atomic mass is 16.4. The Bertz CT molecular complexity index is 293. The first-order valence-corrected chi connectivity index (χ1v) is 5.90. The molecule has 0 radical (unpaired) electrons. The number of hydrogen-bond acceptors (Lipinski definition) is 4. The van der Waals surface area contributed by atoms with Gasteiger partial charge in [0.2, 0.25) is 5.91 Å². The Kier molecular flexibility index (Phi) is 8.55. The van der Waals surface area contributed by atoms with Crippen molar-refractivity contribution in [2.75, 3.05) is 6.54 Å². The lowest BCUT2D eigenvalue weighted by atomic mass is 10.1. The van der Waals surface area contributed by atoms with E-state index in [0.29, 0.717) is 19.4 Å². The fourth-order valence-electron chi connectivity index (χ4n) is 1.33. The summed E-state index contributed by atoms with van der Waals surface area (Å²) in [6, 6.07) is -0.805. The van der Waals surface area contributed by atoms with Crippen LogP contribution in [0.5, 0.6) is 0 Å². The van der Waals surface area contributed by atoms with Crippen LogP contribution in [-0.2, 0) is 14.4 Å². The van der Waals surface area contributed by atoms with Gasteiger partial charge in [0.15, 0.2) is 0 Å². The molecule has 18 heavy (non-hydrogen) atoms. The van der Waals surface area contributed by atoms with E-state index in [1.165, 1.54) is 0 Å². The van der Waals surface area contributed by atoms with Gasteiger partial charge < -0.3 is 21.3 Å². The van der Waals surface area contributed by atoms with Gasteiger partial charge in [-0.25, -0.2) is 0 Å². The van der Waals surface area contributed by atoms with E-state index in [0.717, 1.165) is 6.42 Å². The maximum absolute atomic E-state index is 11.4. The number of carbonyl (C=O) groups is 3. The van der Waals surface area contributed by atoms with Crippen LogP contribution in [0.3, 0.4) is 0 Å². The summed E-state index contributed by atoms with van der Waals surface area (Å²) in [6.07, 6.45) is 2.09. The van der Waals surface area contributed by atoms with E-state index in [4.69, 9.17) is 15.9 Å². The Labute approximate surface area is 105 Å². The average Bonchev–Trinajstić information content (AvgIpc) is 2.29. The van der Waals surface area contributed by atoms with Crippen LogP contribution in [0.4, 0.5) is 0 Å². The number of unbranched alkanes of at least 4 members (excludes halogenated alkanes) is 2. The predicted molar refractivity (Wildman–Crippen MR) is 64.0 cm³/mol. The molecule has 0 fully saturated rings. The monoisotopic (exact) mass is 260 g/mol. The molecular weight excluding hydrogens is 240 g/mol. The molecule has 0 heterocycles. The zero-order chi connectivity index (χ0) is 14.0. The maximum atomic E-state index is 11.4. The third-order valence-corrected chi connectivity index (χ3v) is 2.37. The topological polar surface area (TPSA) is 130 Å². The van der Waals surface area contributed by atoms with Crippen LogP contribution in [0.2, 0.25) is 0 Å². The number of amides is 1. The summed E-state index contributed by atoms with van der Waals surface area (Å²) < 4.78 is 0. The summed E-state index contributed by atoms with van der Waals surface area (Å²) in [7, 11) is 0. The second kappa shape index (κ2) is 9.41. The minimum Gasteiger partial charge on any atom is -0.481 e. The van der Waals surface area contributed by atoms with Crippen LogP contribution in [0.15, 0.2) is 0 Å². The lowest BCUT2D eigenvalue weighted by Crippen LogP contribution is -2.41. The van der Waals surface area contributed by atoms with Gasteiger partial charge in [-0.3, -0.25) is 14.4 Å². The summed E-state index contributed by atoms with van der Waals surface area (Å²) in [5.74, 6) is -2.17. The van der Waals surface area contributed by atoms with Gasteiger partial charge in [-0.2, -0.15) is 0 Å². The standard InChI is InChI=1S/C11H20N2O5/c12-8(5-6-10(16)17)11(18)13-7-3-1-2-4-9(14)15/h8H,1-7,12H2,(H,13,18)(H,14,15)(H,16,17). The van der Waals surface area contributed by atoms with Crippen LogP contribution >= 0.6 is 0 Å². The van der Waals surface area contributed by atoms with E-state index in [2.05, 4.69) is 5.32 Å². The molecule has 0 aromatic heterocycles. The first kappa shape index (κ1) is 16.4. The molecule has 7 nitrogen and oxygen atoms in total. The molecule has 5 N–H and O–H groups in total. The van der Waals surface area contributed by atoms with Gasteiger partial charge >= 0.3 is 11.9 Å². The Morgan fingerprint density at radius 3 is 2.17 bits per heavy atom. The van der Waals surface area contributed by atoms with E-state index in [9.17, 15) is 14.4 Å². The van der Waals surface area contributed by atoms with Gasteiger partial charge in [0.25, 0.3) is 0 Å². The predicted octanol–water partition coefficient (Wildman–Crippen LogP) is -0.0603. The number of aliphatic carboxylic acids is 2. The van der Waals surface area contributed by atoms with Crippen LogP contribution in [0, 0.1) is 0 Å². The van der Waals surface area contributed by atoms with Crippen molar-refractivity contribution in [3.8, 4) is 0 Å². The number of hydrogen-bond donors (Lipinski definition) is 4. The van der Waals surface area contributed by atoms with Crippen LogP contribution < -0.4 is 11.1 Å². The fourth-order valence-corrected chi connectivity index (χ4v) is 1.33. The van der Waals surface area contributed by atoms with Gasteiger partial charge in [-0.05, 0) is 19.3 Å². The Balaban J connectivity index is 3.51. The first-order chi connectivity index (χ1) is 8.43. The van der Waals surface area contributed by atoms with E-state index < -0.39 is 18.0 Å². The van der Waals surface area contributed by atoms with E-state index in [1.54, 1.807) is 0 Å². The highest BCUT2D eigenvalue weighted by Crippen LogP contribution is 1.99. The minimum absolute atomic E-state index is 0.111. The second-order valence-electron chi connectivity index (χ2n) is 4.03. The molecule has 1 amide bonds. The zero-order valence-corrected chi connectivity index (χ0v) is 10.2. The Morgan fingerprint density at radius 1 is 1.00 bits per heavy atom. The van der Waals surface area contributed by atoms with E-state index >= 15 is 0 Å². The number of carbonyl (C=O) groups excluding carboxylic acids is 1. The van der Waals surface area contributed by atoms with E-state index in [-0.39, 0.29) is 25.2 Å². The number of carboxylic acid groups (broad SMARTS) is 2. The molecule has 0 saturated heterocycles. The van der Waals surface area contributed by atoms with Crippen molar-refractivity contribution in [2.45, 2.75) is 44.6 Å². The largest absolute Gasteiger partial charge is 0.481 e. The molecule has 1 atom stereocenters. The Hall–Kier alpha value is -1.63. The van der Waals surface area contributed by atoms with Gasteiger partial charge in [0, 0.05) is 19.4 Å². The molecule has 7 heteroatoms. The van der Waals surface area contributed by atoms with E-state index in [1.807, 2.05) is 0 Å². The first-order valence-electron chi connectivity index (χ1n) is 5.90. The fraction of sp³-hybridized carbons (Fsp3) is 0.727. The quantitative estimate of drug-likeness (QED) is 0.407. The van der Waals surface area contributed by atoms with Crippen molar-refractivity contribution in [1.29, 1.82) is 0 Å². The Morgan fingerprint density at radius 2 is 1.61 bits per heavy atom. The van der Waals surface area contributed by atoms with Gasteiger partial charge in [0.05, 0.1) is 6.04 Å². The van der Waals surface area contributed by atoms with Crippen molar-refractivity contribution in [3.63, 3.8) is 0 Å². The molecule has 0 aromatic rings. The van der Waals surface area contributed by atoms with Crippen molar-refractivity contribution in [2.24, 2.45) is 5.73 Å². The van der Waals surface area contributed by atoms with Crippen LogP contribution in [0.25, 0.3) is 0 Å². The van der Waals surface area contributed by atoms with Crippen LogP contribution in [-0.4, -0.2) is 40.6 Å². The molecule has 0 aliphatic carbocycles. The second-order valence-corrected chi connectivity index (χ2v) is 4.03. The molecule has 0 aromatic carbocycles. The number of nitrogens with one attached hydrogen (secondary N) is 1. The van der Waals surface area contributed by atoms with Crippen molar-refractivity contribution in [1.82, 2.24) is 5.32 Å². The average molecular weight is 260 g/mol. The summed E-state index contributed by atoms with van der Waals surface area (Å²) in [5.41, 5.74) is 5.49. The highest BCUT2D eigenvalue weighted by molar-refractivity contribution is 5.82. The number of carboxylic acids is 2. The lowest BCUT2D eigenvalue weighted by Gasteiger charge is -2.10. The normalized spacial score (nSPS) is 11.8. The number of rotatable bonds is 10. The molecule has 0 bridgehead atoms. The lowest BCUT2D eigenvalue weighted by molar-refractivity contribution is -0.138. The summed E-state index contributed by atoms with van der Waals surface area (Å²) >= 11 is 0. The molecule has 0 saturated carbocycles. The van der Waals surface area contributed by atoms with Crippen LogP contribution in [0.1, 0.15) is 38.5 Å². The van der Waals surface area contributed by atoms with Crippen molar-refractivity contribution >= 4 is 17.8 Å². The van der Waals surface area contributed by atoms with Gasteiger partial charge in [-0.15, -0.1) is 0 Å². The SMILES string of the molecule is NC(CCC(=O)O)C(=O)NCCCCCC(=O)O. The number of nitrogens with two attached hydrogens (primary N) is 1. The van der Waals surface area contributed by atoms with Crippen molar-refractivity contribution < 1.29 is 24.6 Å².